The Morgan fingerprint density at radius 2 is 1.93 bits per heavy atom. The molecule has 0 saturated carbocycles. The third kappa shape index (κ3) is 1.44. The second-order valence-corrected chi connectivity index (χ2v) is 3.01. The quantitative estimate of drug-likeness (QED) is 0.300. The van der Waals surface area contributed by atoms with Crippen molar-refractivity contribution in [1.82, 2.24) is 9.13 Å². The van der Waals surface area contributed by atoms with Crippen LogP contribution in [-0.2, 0) is 14.1 Å². The Morgan fingerprint density at radius 3 is 2.43 bits per heavy atom. The first-order valence-corrected chi connectivity index (χ1v) is 4.01. The molecule has 0 atom stereocenters. The van der Waals surface area contributed by atoms with E-state index in [1.807, 2.05) is 0 Å². The molecule has 76 valence electrons. The molecular formula is C7H8ClN3O3. The lowest BCUT2D eigenvalue weighted by Crippen LogP contribution is -2.39. The molecule has 0 aliphatic heterocycles. The predicted molar refractivity (Wildman–Crippen MR) is 51.3 cm³/mol. The van der Waals surface area contributed by atoms with Crippen molar-refractivity contribution < 1.29 is 5.21 Å². The predicted octanol–water partition coefficient (Wildman–Crippen LogP) is -0.454. The first-order valence-electron chi connectivity index (χ1n) is 3.63. The molecule has 14 heavy (non-hydrogen) atoms. The lowest BCUT2D eigenvalue weighted by molar-refractivity contribution is 0.321. The second kappa shape index (κ2) is 3.67. The number of nitrogens with zero attached hydrogens (tertiary/aromatic N) is 3. The van der Waals surface area contributed by atoms with Crippen LogP contribution in [0.25, 0.3) is 0 Å². The molecule has 0 spiro atoms. The summed E-state index contributed by atoms with van der Waals surface area (Å²) in [5, 5.41) is 10.9. The molecule has 0 bridgehead atoms. The highest BCUT2D eigenvalue weighted by Gasteiger charge is 2.11. The van der Waals surface area contributed by atoms with Crippen molar-refractivity contribution in [1.29, 1.82) is 0 Å². The van der Waals surface area contributed by atoms with Crippen molar-refractivity contribution in [3.63, 3.8) is 0 Å². The zero-order valence-electron chi connectivity index (χ0n) is 7.56. The molecule has 1 rings (SSSR count). The van der Waals surface area contributed by atoms with Gasteiger partial charge in [-0.15, -0.1) is 0 Å². The van der Waals surface area contributed by atoms with Gasteiger partial charge in [0, 0.05) is 14.1 Å². The third-order valence-corrected chi connectivity index (χ3v) is 2.27. The number of rotatable bonds is 1. The molecule has 1 aromatic rings. The van der Waals surface area contributed by atoms with Crippen LogP contribution in [0.1, 0.15) is 5.56 Å². The molecule has 0 aromatic carbocycles. The van der Waals surface area contributed by atoms with Crippen LogP contribution >= 0.6 is 11.6 Å². The Balaban J connectivity index is 3.78. The molecule has 0 unspecified atom stereocenters. The van der Waals surface area contributed by atoms with E-state index in [1.54, 1.807) is 0 Å². The third-order valence-electron chi connectivity index (χ3n) is 1.81. The standard InChI is InChI=1S/C7H8ClN3O3/c1-10-5(8)4(3-9-14)6(12)11(2)7(10)13/h3,14H,1-2H3. The van der Waals surface area contributed by atoms with Gasteiger partial charge in [0.15, 0.2) is 0 Å². The number of hydrogen-bond acceptors (Lipinski definition) is 4. The molecule has 0 amide bonds. The van der Waals surface area contributed by atoms with E-state index < -0.39 is 11.2 Å². The second-order valence-electron chi connectivity index (χ2n) is 2.65. The van der Waals surface area contributed by atoms with Crippen LogP contribution in [0.4, 0.5) is 0 Å². The Kier molecular flexibility index (Phi) is 2.76. The van der Waals surface area contributed by atoms with Crippen molar-refractivity contribution in [2.24, 2.45) is 19.3 Å². The first kappa shape index (κ1) is 10.5. The van der Waals surface area contributed by atoms with Gasteiger partial charge in [-0.1, -0.05) is 16.8 Å². The Bertz CT molecular complexity index is 500. The van der Waals surface area contributed by atoms with E-state index in [1.165, 1.54) is 14.1 Å². The summed E-state index contributed by atoms with van der Waals surface area (Å²) in [6.45, 7) is 0. The topological polar surface area (TPSA) is 76.6 Å². The molecule has 1 heterocycles. The van der Waals surface area contributed by atoms with E-state index >= 15 is 0 Å². The van der Waals surface area contributed by atoms with Crippen LogP contribution in [0.3, 0.4) is 0 Å². The zero-order valence-corrected chi connectivity index (χ0v) is 8.32. The first-order chi connectivity index (χ1) is 6.50. The smallest absolute Gasteiger partial charge is 0.331 e. The fourth-order valence-corrected chi connectivity index (χ4v) is 1.21. The summed E-state index contributed by atoms with van der Waals surface area (Å²) in [6.07, 6.45) is 0.893. The summed E-state index contributed by atoms with van der Waals surface area (Å²) >= 11 is 5.70. The largest absolute Gasteiger partial charge is 0.411 e. The minimum absolute atomic E-state index is 0.0289. The van der Waals surface area contributed by atoms with Gasteiger partial charge in [0.25, 0.3) is 5.56 Å². The average Bonchev–Trinajstić information content (AvgIpc) is 2.19. The fraction of sp³-hybridized carbons (Fsp3) is 0.286. The van der Waals surface area contributed by atoms with Crippen LogP contribution in [0, 0.1) is 0 Å². The van der Waals surface area contributed by atoms with Gasteiger partial charge in [0.05, 0.1) is 11.8 Å². The van der Waals surface area contributed by atoms with Crippen molar-refractivity contribution in [3.8, 4) is 0 Å². The summed E-state index contributed by atoms with van der Waals surface area (Å²) in [6, 6.07) is 0. The number of hydrogen-bond donors (Lipinski definition) is 1. The molecular weight excluding hydrogens is 210 g/mol. The van der Waals surface area contributed by atoms with Gasteiger partial charge < -0.3 is 5.21 Å². The minimum Gasteiger partial charge on any atom is -0.411 e. The van der Waals surface area contributed by atoms with Crippen LogP contribution in [0.5, 0.6) is 0 Å². The average molecular weight is 218 g/mol. The maximum atomic E-state index is 11.4. The Labute approximate surface area is 83.7 Å². The summed E-state index contributed by atoms with van der Waals surface area (Å²) in [5.41, 5.74) is -1.16. The summed E-state index contributed by atoms with van der Waals surface area (Å²) < 4.78 is 1.96. The van der Waals surface area contributed by atoms with Crippen molar-refractivity contribution in [2.45, 2.75) is 0 Å². The summed E-state index contributed by atoms with van der Waals surface area (Å²) in [7, 11) is 2.73. The van der Waals surface area contributed by atoms with Crippen LogP contribution in [0.2, 0.25) is 5.15 Å². The number of oxime groups is 1. The van der Waals surface area contributed by atoms with Gasteiger partial charge in [-0.25, -0.2) is 4.79 Å². The van der Waals surface area contributed by atoms with Gasteiger partial charge in [-0.3, -0.25) is 13.9 Å². The van der Waals surface area contributed by atoms with E-state index in [9.17, 15) is 9.59 Å². The van der Waals surface area contributed by atoms with Gasteiger partial charge in [0.2, 0.25) is 0 Å². The summed E-state index contributed by atoms with van der Waals surface area (Å²) in [4.78, 5) is 22.7. The zero-order chi connectivity index (χ0) is 10.9. The van der Waals surface area contributed by atoms with E-state index in [2.05, 4.69) is 5.16 Å². The van der Waals surface area contributed by atoms with E-state index in [0.717, 1.165) is 15.3 Å². The maximum absolute atomic E-state index is 11.4. The molecule has 0 fully saturated rings. The summed E-state index contributed by atoms with van der Waals surface area (Å²) in [5.74, 6) is 0. The van der Waals surface area contributed by atoms with Gasteiger partial charge >= 0.3 is 5.69 Å². The molecule has 0 radical (unpaired) electrons. The van der Waals surface area contributed by atoms with Crippen LogP contribution in [-0.4, -0.2) is 20.6 Å². The minimum atomic E-state index is -0.601. The van der Waals surface area contributed by atoms with Crippen LogP contribution in [0.15, 0.2) is 14.7 Å². The normalized spacial score (nSPS) is 11.1. The van der Waals surface area contributed by atoms with Crippen molar-refractivity contribution >= 4 is 17.8 Å². The Hall–Kier alpha value is -1.56. The lowest BCUT2D eigenvalue weighted by atomic mass is 10.3. The Morgan fingerprint density at radius 1 is 1.36 bits per heavy atom. The van der Waals surface area contributed by atoms with Crippen LogP contribution < -0.4 is 11.2 Å². The number of halogens is 1. The lowest BCUT2D eigenvalue weighted by Gasteiger charge is -2.06. The molecule has 1 aromatic heterocycles. The van der Waals surface area contributed by atoms with Crippen molar-refractivity contribution in [3.05, 3.63) is 31.6 Å². The van der Waals surface area contributed by atoms with E-state index in [4.69, 9.17) is 16.8 Å². The SMILES string of the molecule is Cn1c(Cl)c(C=NO)c(=O)n(C)c1=O. The molecule has 0 saturated heterocycles. The van der Waals surface area contributed by atoms with Gasteiger partial charge in [-0.2, -0.15) is 0 Å². The fourth-order valence-electron chi connectivity index (χ4n) is 1.01. The monoisotopic (exact) mass is 217 g/mol. The number of aromatic nitrogens is 2. The highest BCUT2D eigenvalue weighted by molar-refractivity contribution is 6.31. The highest BCUT2D eigenvalue weighted by Crippen LogP contribution is 2.05. The maximum Gasteiger partial charge on any atom is 0.331 e. The van der Waals surface area contributed by atoms with E-state index in [0.29, 0.717) is 0 Å². The molecule has 0 aliphatic rings. The molecule has 0 aliphatic carbocycles. The molecule has 6 nitrogen and oxygen atoms in total. The highest BCUT2D eigenvalue weighted by atomic mass is 35.5. The van der Waals surface area contributed by atoms with Gasteiger partial charge in [-0.05, 0) is 0 Å². The molecule has 7 heteroatoms. The van der Waals surface area contributed by atoms with Crippen molar-refractivity contribution in [2.75, 3.05) is 0 Å². The van der Waals surface area contributed by atoms with Gasteiger partial charge in [0.1, 0.15) is 5.15 Å². The molecule has 1 N–H and O–H groups in total. The van der Waals surface area contributed by atoms with E-state index in [-0.39, 0.29) is 10.7 Å².